The summed E-state index contributed by atoms with van der Waals surface area (Å²) in [6.07, 6.45) is 1.38. The maximum absolute atomic E-state index is 13.1. The molecule has 1 aromatic heterocycles. The number of nitrogens with zero attached hydrogens (tertiary/aromatic N) is 1. The van der Waals surface area contributed by atoms with Gasteiger partial charge in [0.25, 0.3) is 10.0 Å². The van der Waals surface area contributed by atoms with Crippen LogP contribution in [0.4, 0.5) is 15.9 Å². The predicted molar refractivity (Wildman–Crippen MR) is 77.5 cm³/mol. The highest BCUT2D eigenvalue weighted by molar-refractivity contribution is 7.92. The van der Waals surface area contributed by atoms with Crippen LogP contribution >= 0.6 is 0 Å². The van der Waals surface area contributed by atoms with Crippen molar-refractivity contribution >= 4 is 21.5 Å². The third kappa shape index (κ3) is 3.40. The van der Waals surface area contributed by atoms with Crippen LogP contribution in [0.15, 0.2) is 41.4 Å². The summed E-state index contributed by atoms with van der Waals surface area (Å²) in [5, 5.41) is 2.76. The first-order valence-corrected chi connectivity index (χ1v) is 7.45. The quantitative estimate of drug-likeness (QED) is 0.883. The van der Waals surface area contributed by atoms with E-state index in [1.165, 1.54) is 31.5 Å². The number of anilines is 2. The summed E-state index contributed by atoms with van der Waals surface area (Å²) < 4.78 is 45.0. The summed E-state index contributed by atoms with van der Waals surface area (Å²) in [5.41, 5.74) is 0.154. The summed E-state index contributed by atoms with van der Waals surface area (Å²) in [6, 6.07) is 6.29. The van der Waals surface area contributed by atoms with E-state index in [1.54, 1.807) is 7.05 Å². The first-order chi connectivity index (χ1) is 9.96. The average molecular weight is 311 g/mol. The molecule has 0 saturated heterocycles. The van der Waals surface area contributed by atoms with Gasteiger partial charge in [-0.2, -0.15) is 0 Å². The van der Waals surface area contributed by atoms with Crippen molar-refractivity contribution < 1.29 is 17.5 Å². The van der Waals surface area contributed by atoms with Crippen LogP contribution in [0.5, 0.6) is 5.75 Å². The molecule has 0 spiro atoms. The Hall–Kier alpha value is -2.35. The standard InChI is InChI=1S/C13H14FN3O3S/c1-15-13-8-10(5-6-16-13)21(18,19)17-11-4-3-9(14)7-12(11)20-2/h3-8,17H,1-2H3,(H,15,16). The Bertz CT molecular complexity index is 750. The Morgan fingerprint density at radius 2 is 2.00 bits per heavy atom. The molecule has 0 fully saturated rings. The minimum atomic E-state index is -3.82. The van der Waals surface area contributed by atoms with Gasteiger partial charge in [-0.05, 0) is 18.2 Å². The molecule has 0 amide bonds. The zero-order valence-corrected chi connectivity index (χ0v) is 12.2. The Morgan fingerprint density at radius 1 is 1.24 bits per heavy atom. The highest BCUT2D eigenvalue weighted by Crippen LogP contribution is 2.27. The Morgan fingerprint density at radius 3 is 2.67 bits per heavy atom. The SMILES string of the molecule is CNc1cc(S(=O)(=O)Nc2ccc(F)cc2OC)ccn1. The van der Waals surface area contributed by atoms with E-state index in [4.69, 9.17) is 4.74 Å². The van der Waals surface area contributed by atoms with Crippen molar-refractivity contribution in [2.75, 3.05) is 24.2 Å². The normalized spacial score (nSPS) is 11.0. The zero-order chi connectivity index (χ0) is 15.5. The second-order valence-corrected chi connectivity index (χ2v) is 5.76. The molecule has 0 saturated carbocycles. The molecule has 0 aliphatic rings. The van der Waals surface area contributed by atoms with Crippen molar-refractivity contribution in [1.29, 1.82) is 0 Å². The lowest BCUT2D eigenvalue weighted by atomic mass is 10.3. The van der Waals surface area contributed by atoms with Crippen LogP contribution in [0.25, 0.3) is 0 Å². The van der Waals surface area contributed by atoms with Gasteiger partial charge < -0.3 is 10.1 Å². The van der Waals surface area contributed by atoms with Gasteiger partial charge in [-0.3, -0.25) is 4.72 Å². The third-order valence-corrected chi connectivity index (χ3v) is 4.07. The maximum atomic E-state index is 13.1. The lowest BCUT2D eigenvalue weighted by molar-refractivity contribution is 0.413. The first-order valence-electron chi connectivity index (χ1n) is 5.96. The van der Waals surface area contributed by atoms with Gasteiger partial charge in [0.1, 0.15) is 17.4 Å². The van der Waals surface area contributed by atoms with Gasteiger partial charge in [-0.15, -0.1) is 0 Å². The molecule has 0 aliphatic carbocycles. The van der Waals surface area contributed by atoms with Crippen molar-refractivity contribution in [3.8, 4) is 5.75 Å². The molecule has 1 heterocycles. The fourth-order valence-electron chi connectivity index (χ4n) is 1.67. The predicted octanol–water partition coefficient (Wildman–Crippen LogP) is 2.07. The fourth-order valence-corrected chi connectivity index (χ4v) is 2.75. The molecule has 2 aromatic rings. The number of pyridine rings is 1. The van der Waals surface area contributed by atoms with E-state index in [2.05, 4.69) is 15.0 Å². The molecular formula is C13H14FN3O3S. The molecule has 8 heteroatoms. The van der Waals surface area contributed by atoms with Gasteiger partial charge in [0.15, 0.2) is 0 Å². The number of rotatable bonds is 5. The second-order valence-electron chi connectivity index (χ2n) is 4.08. The van der Waals surface area contributed by atoms with Gasteiger partial charge in [0.2, 0.25) is 0 Å². The van der Waals surface area contributed by atoms with Gasteiger partial charge in [-0.1, -0.05) is 0 Å². The number of halogens is 1. The molecule has 6 nitrogen and oxygen atoms in total. The van der Waals surface area contributed by atoms with E-state index in [0.717, 1.165) is 12.1 Å². The van der Waals surface area contributed by atoms with Crippen LogP contribution in [0.2, 0.25) is 0 Å². The summed E-state index contributed by atoms with van der Waals surface area (Å²) in [5.74, 6) is 0.00148. The molecule has 112 valence electrons. The molecular weight excluding hydrogens is 297 g/mol. The molecule has 0 aliphatic heterocycles. The molecule has 2 N–H and O–H groups in total. The second kappa shape index (κ2) is 5.96. The summed E-state index contributed by atoms with van der Waals surface area (Å²) >= 11 is 0. The number of methoxy groups -OCH3 is 1. The Labute approximate surface area is 122 Å². The number of hydrogen-bond acceptors (Lipinski definition) is 5. The zero-order valence-electron chi connectivity index (χ0n) is 11.4. The van der Waals surface area contributed by atoms with E-state index < -0.39 is 15.8 Å². The van der Waals surface area contributed by atoms with Crippen LogP contribution in [0.3, 0.4) is 0 Å². The average Bonchev–Trinajstić information content (AvgIpc) is 2.49. The number of benzene rings is 1. The molecule has 0 unspecified atom stereocenters. The maximum Gasteiger partial charge on any atom is 0.262 e. The van der Waals surface area contributed by atoms with Crippen LogP contribution in [-0.4, -0.2) is 27.6 Å². The summed E-state index contributed by atoms with van der Waals surface area (Å²) in [7, 11) is -0.858. The van der Waals surface area contributed by atoms with Crippen molar-refractivity contribution in [2.45, 2.75) is 4.90 Å². The number of sulfonamides is 1. The summed E-state index contributed by atoms with van der Waals surface area (Å²) in [4.78, 5) is 3.98. The van der Waals surface area contributed by atoms with Crippen LogP contribution in [-0.2, 0) is 10.0 Å². The number of nitrogens with one attached hydrogen (secondary N) is 2. The lowest BCUT2D eigenvalue weighted by Crippen LogP contribution is -2.14. The van der Waals surface area contributed by atoms with Crippen molar-refractivity contribution in [3.05, 3.63) is 42.3 Å². The first kappa shape index (κ1) is 15.0. The molecule has 21 heavy (non-hydrogen) atoms. The number of hydrogen-bond donors (Lipinski definition) is 2. The minimum Gasteiger partial charge on any atom is -0.494 e. The van der Waals surface area contributed by atoms with E-state index in [-0.39, 0.29) is 16.3 Å². The van der Waals surface area contributed by atoms with Crippen LogP contribution < -0.4 is 14.8 Å². The van der Waals surface area contributed by atoms with Crippen molar-refractivity contribution in [3.63, 3.8) is 0 Å². The molecule has 1 aromatic carbocycles. The van der Waals surface area contributed by atoms with Gasteiger partial charge in [-0.25, -0.2) is 17.8 Å². The van der Waals surface area contributed by atoms with Gasteiger partial charge in [0, 0.05) is 25.4 Å². The third-order valence-electron chi connectivity index (χ3n) is 2.71. The van der Waals surface area contributed by atoms with Crippen LogP contribution in [0, 0.1) is 5.82 Å². The smallest absolute Gasteiger partial charge is 0.262 e. The minimum absolute atomic E-state index is 0.0354. The van der Waals surface area contributed by atoms with E-state index >= 15 is 0 Å². The van der Waals surface area contributed by atoms with Crippen molar-refractivity contribution in [1.82, 2.24) is 4.98 Å². The highest BCUT2D eigenvalue weighted by atomic mass is 32.2. The van der Waals surface area contributed by atoms with E-state index in [0.29, 0.717) is 5.82 Å². The van der Waals surface area contributed by atoms with Gasteiger partial charge >= 0.3 is 0 Å². The monoisotopic (exact) mass is 311 g/mol. The Kier molecular flexibility index (Phi) is 4.27. The van der Waals surface area contributed by atoms with E-state index in [9.17, 15) is 12.8 Å². The largest absolute Gasteiger partial charge is 0.494 e. The van der Waals surface area contributed by atoms with Crippen LogP contribution in [0.1, 0.15) is 0 Å². The molecule has 0 atom stereocenters. The lowest BCUT2D eigenvalue weighted by Gasteiger charge is -2.12. The summed E-state index contributed by atoms with van der Waals surface area (Å²) in [6.45, 7) is 0. The molecule has 0 bridgehead atoms. The number of ether oxygens (including phenoxy) is 1. The Balaban J connectivity index is 2.37. The number of aromatic nitrogens is 1. The molecule has 2 rings (SSSR count). The topological polar surface area (TPSA) is 80.3 Å². The van der Waals surface area contributed by atoms with Gasteiger partial charge in [0.05, 0.1) is 17.7 Å². The fraction of sp³-hybridized carbons (Fsp3) is 0.154. The van der Waals surface area contributed by atoms with E-state index in [1.807, 2.05) is 0 Å². The van der Waals surface area contributed by atoms with Crippen molar-refractivity contribution in [2.24, 2.45) is 0 Å². The highest BCUT2D eigenvalue weighted by Gasteiger charge is 2.17. The molecule has 0 radical (unpaired) electrons.